The van der Waals surface area contributed by atoms with Gasteiger partial charge in [-0.1, -0.05) is 0 Å². The molecule has 0 saturated heterocycles. The molecule has 0 saturated carbocycles. The fraction of sp³-hybridized carbons (Fsp3) is 0.143. The Morgan fingerprint density at radius 1 is 0.952 bits per heavy atom. The third-order valence-corrected chi connectivity index (χ3v) is 3.06. The van der Waals surface area contributed by atoms with Gasteiger partial charge in [0.25, 0.3) is 0 Å². The molecule has 0 aliphatic heterocycles. The minimum atomic E-state index is -1.53. The summed E-state index contributed by atoms with van der Waals surface area (Å²) < 4.78 is 10.2. The van der Waals surface area contributed by atoms with Crippen LogP contribution in [-0.2, 0) is 0 Å². The largest absolute Gasteiger partial charge is 0.506 e. The number of hydrogen-bond donors (Lipinski definition) is 3. The van der Waals surface area contributed by atoms with Crippen LogP contribution >= 0.6 is 0 Å². The second-order valence-corrected chi connectivity index (χ2v) is 4.19. The Bertz CT molecular complexity index is 749. The van der Waals surface area contributed by atoms with Gasteiger partial charge < -0.3 is 24.8 Å². The van der Waals surface area contributed by atoms with Crippen molar-refractivity contribution >= 4 is 22.7 Å². The van der Waals surface area contributed by atoms with Gasteiger partial charge in [0.05, 0.1) is 19.8 Å². The van der Waals surface area contributed by atoms with E-state index >= 15 is 0 Å². The lowest BCUT2D eigenvalue weighted by atomic mass is 9.98. The summed E-state index contributed by atoms with van der Waals surface area (Å²) >= 11 is 0. The molecular formula is C14H12O7. The van der Waals surface area contributed by atoms with Gasteiger partial charge in [-0.2, -0.15) is 0 Å². The smallest absolute Gasteiger partial charge is 0.340 e. The Kier molecular flexibility index (Phi) is 3.58. The molecule has 0 heterocycles. The molecule has 21 heavy (non-hydrogen) atoms. The number of carboxylic acids is 2. The summed E-state index contributed by atoms with van der Waals surface area (Å²) in [6.07, 6.45) is 0. The zero-order valence-corrected chi connectivity index (χ0v) is 11.2. The molecule has 0 amide bonds. The second kappa shape index (κ2) is 5.20. The Morgan fingerprint density at radius 3 is 2.00 bits per heavy atom. The first kappa shape index (κ1) is 14.4. The third-order valence-electron chi connectivity index (χ3n) is 3.06. The molecule has 3 N–H and O–H groups in total. The van der Waals surface area contributed by atoms with Crippen LogP contribution in [0.3, 0.4) is 0 Å². The molecule has 0 aliphatic rings. The molecule has 0 spiro atoms. The molecule has 0 fully saturated rings. The molecule has 7 heteroatoms. The first-order valence-corrected chi connectivity index (χ1v) is 5.79. The van der Waals surface area contributed by atoms with Gasteiger partial charge in [-0.15, -0.1) is 0 Å². The van der Waals surface area contributed by atoms with Crippen LogP contribution in [0.5, 0.6) is 17.2 Å². The van der Waals surface area contributed by atoms with Crippen molar-refractivity contribution in [1.29, 1.82) is 0 Å². The SMILES string of the molecule is COc1cc2cc(C(=O)O)c(C(=O)O)c(O)c2cc1OC. The maximum Gasteiger partial charge on any atom is 0.340 e. The molecule has 0 aromatic heterocycles. The average Bonchev–Trinajstić information content (AvgIpc) is 2.45. The fourth-order valence-electron chi connectivity index (χ4n) is 2.09. The van der Waals surface area contributed by atoms with Crippen LogP contribution in [0, 0.1) is 0 Å². The van der Waals surface area contributed by atoms with E-state index in [2.05, 4.69) is 0 Å². The zero-order chi connectivity index (χ0) is 15.7. The van der Waals surface area contributed by atoms with E-state index in [1.54, 1.807) is 0 Å². The van der Waals surface area contributed by atoms with Crippen molar-refractivity contribution in [2.45, 2.75) is 0 Å². The predicted octanol–water partition coefficient (Wildman–Crippen LogP) is 1.96. The van der Waals surface area contributed by atoms with Gasteiger partial charge in [-0.05, 0) is 23.6 Å². The third kappa shape index (κ3) is 2.29. The van der Waals surface area contributed by atoms with Crippen molar-refractivity contribution in [1.82, 2.24) is 0 Å². The van der Waals surface area contributed by atoms with Gasteiger partial charge in [-0.3, -0.25) is 0 Å². The number of hydrogen-bond acceptors (Lipinski definition) is 5. The summed E-state index contributed by atoms with van der Waals surface area (Å²) in [6, 6.07) is 4.02. The Balaban J connectivity index is 2.92. The molecule has 0 aliphatic carbocycles. The van der Waals surface area contributed by atoms with Gasteiger partial charge in [0.2, 0.25) is 0 Å². The Labute approximate surface area is 119 Å². The van der Waals surface area contributed by atoms with Crippen molar-refractivity contribution in [3.8, 4) is 17.2 Å². The van der Waals surface area contributed by atoms with E-state index in [-0.39, 0.29) is 5.39 Å². The van der Waals surface area contributed by atoms with Crippen LogP contribution in [-0.4, -0.2) is 41.5 Å². The first-order valence-electron chi connectivity index (χ1n) is 5.79. The van der Waals surface area contributed by atoms with Crippen LogP contribution in [0.2, 0.25) is 0 Å². The van der Waals surface area contributed by atoms with E-state index in [9.17, 15) is 14.7 Å². The van der Waals surface area contributed by atoms with Gasteiger partial charge in [0, 0.05) is 5.39 Å². The number of aromatic hydroxyl groups is 1. The number of aromatic carboxylic acids is 2. The average molecular weight is 292 g/mol. The van der Waals surface area contributed by atoms with Gasteiger partial charge >= 0.3 is 11.9 Å². The summed E-state index contributed by atoms with van der Waals surface area (Å²) in [5.41, 5.74) is -1.16. The lowest BCUT2D eigenvalue weighted by molar-refractivity contribution is 0.0649. The predicted molar refractivity (Wildman–Crippen MR) is 72.6 cm³/mol. The fourth-order valence-corrected chi connectivity index (χ4v) is 2.09. The molecule has 110 valence electrons. The summed E-state index contributed by atoms with van der Waals surface area (Å²) in [7, 11) is 2.80. The maximum absolute atomic E-state index is 11.2. The molecule has 7 nitrogen and oxygen atoms in total. The number of fused-ring (bicyclic) bond motifs is 1. The van der Waals surface area contributed by atoms with E-state index < -0.39 is 28.8 Å². The van der Waals surface area contributed by atoms with Gasteiger partial charge in [0.15, 0.2) is 11.5 Å². The summed E-state index contributed by atoms with van der Waals surface area (Å²) in [5, 5.41) is 28.8. The van der Waals surface area contributed by atoms with Crippen molar-refractivity contribution in [3.63, 3.8) is 0 Å². The molecule has 2 rings (SSSR count). The van der Waals surface area contributed by atoms with Crippen molar-refractivity contribution in [2.75, 3.05) is 14.2 Å². The standard InChI is InChI=1S/C14H12O7/c1-20-9-4-6-3-8(13(16)17)11(14(18)19)12(15)7(6)5-10(9)21-2/h3-5,15H,1-2H3,(H,16,17)(H,18,19). The highest BCUT2D eigenvalue weighted by molar-refractivity contribution is 6.10. The number of methoxy groups -OCH3 is 2. The van der Waals surface area contributed by atoms with E-state index in [1.807, 2.05) is 0 Å². The van der Waals surface area contributed by atoms with Crippen LogP contribution in [0.4, 0.5) is 0 Å². The number of benzene rings is 2. The first-order chi connectivity index (χ1) is 9.90. The lowest BCUT2D eigenvalue weighted by Crippen LogP contribution is -2.08. The normalized spacial score (nSPS) is 10.4. The molecule has 0 radical (unpaired) electrons. The molecular weight excluding hydrogens is 280 g/mol. The highest BCUT2D eigenvalue weighted by Crippen LogP contribution is 2.39. The van der Waals surface area contributed by atoms with Gasteiger partial charge in [0.1, 0.15) is 11.3 Å². The summed E-state index contributed by atoms with van der Waals surface area (Å²) in [5.74, 6) is -2.97. The molecule has 0 bridgehead atoms. The van der Waals surface area contributed by atoms with Crippen molar-refractivity contribution in [2.24, 2.45) is 0 Å². The van der Waals surface area contributed by atoms with E-state index in [0.717, 1.165) is 0 Å². The van der Waals surface area contributed by atoms with Crippen LogP contribution < -0.4 is 9.47 Å². The van der Waals surface area contributed by atoms with E-state index in [4.69, 9.17) is 19.7 Å². The van der Waals surface area contributed by atoms with Crippen LogP contribution in [0.15, 0.2) is 18.2 Å². The number of ether oxygens (including phenoxy) is 2. The molecule has 0 unspecified atom stereocenters. The molecule has 2 aromatic rings. The maximum atomic E-state index is 11.2. The highest BCUT2D eigenvalue weighted by atomic mass is 16.5. The van der Waals surface area contributed by atoms with Gasteiger partial charge in [-0.25, -0.2) is 9.59 Å². The van der Waals surface area contributed by atoms with Crippen molar-refractivity contribution in [3.05, 3.63) is 29.3 Å². The molecule has 2 aromatic carbocycles. The lowest BCUT2D eigenvalue weighted by Gasteiger charge is -2.12. The summed E-state index contributed by atoms with van der Waals surface area (Å²) in [6.45, 7) is 0. The minimum absolute atomic E-state index is 0.162. The Morgan fingerprint density at radius 2 is 1.52 bits per heavy atom. The van der Waals surface area contributed by atoms with Crippen molar-refractivity contribution < 1.29 is 34.4 Å². The quantitative estimate of drug-likeness (QED) is 0.789. The second-order valence-electron chi connectivity index (χ2n) is 4.19. The number of phenols is 1. The number of carboxylic acid groups (broad SMARTS) is 2. The monoisotopic (exact) mass is 292 g/mol. The zero-order valence-electron chi connectivity index (χ0n) is 11.2. The molecule has 0 atom stereocenters. The van der Waals surface area contributed by atoms with Crippen LogP contribution in [0.1, 0.15) is 20.7 Å². The van der Waals surface area contributed by atoms with Crippen LogP contribution in [0.25, 0.3) is 10.8 Å². The number of rotatable bonds is 4. The topological polar surface area (TPSA) is 113 Å². The van der Waals surface area contributed by atoms with E-state index in [1.165, 1.54) is 32.4 Å². The summed E-state index contributed by atoms with van der Waals surface area (Å²) in [4.78, 5) is 22.4. The number of carbonyl (C=O) groups is 2. The van der Waals surface area contributed by atoms with E-state index in [0.29, 0.717) is 16.9 Å². The highest BCUT2D eigenvalue weighted by Gasteiger charge is 2.24. The minimum Gasteiger partial charge on any atom is -0.506 e. The Hall–Kier alpha value is -2.96.